The zero-order valence-electron chi connectivity index (χ0n) is 10.8. The van der Waals surface area contributed by atoms with E-state index in [0.717, 1.165) is 23.3 Å². The molecular weight excluding hydrogens is 263 g/mol. The molecule has 0 unspecified atom stereocenters. The Kier molecular flexibility index (Phi) is 3.95. The number of aryl methyl sites for hydroxylation is 1. The highest BCUT2D eigenvalue weighted by molar-refractivity contribution is 5.41. The van der Waals surface area contributed by atoms with Crippen LogP contribution in [-0.4, -0.2) is 4.92 Å². The molecule has 0 aromatic heterocycles. The first-order chi connectivity index (χ1) is 9.51. The van der Waals surface area contributed by atoms with E-state index in [-0.39, 0.29) is 5.75 Å². The quantitative estimate of drug-likeness (QED) is 0.686. The molecule has 2 N–H and O–H groups in total. The van der Waals surface area contributed by atoms with E-state index < -0.39 is 16.4 Å². The van der Waals surface area contributed by atoms with Gasteiger partial charge in [0.2, 0.25) is 5.82 Å². The topological polar surface area (TPSA) is 78.4 Å². The van der Waals surface area contributed by atoms with Crippen LogP contribution in [0.2, 0.25) is 0 Å². The van der Waals surface area contributed by atoms with Crippen LogP contribution in [0.5, 0.6) is 11.5 Å². The van der Waals surface area contributed by atoms with Gasteiger partial charge in [-0.15, -0.1) is 0 Å². The monoisotopic (exact) mass is 276 g/mol. The summed E-state index contributed by atoms with van der Waals surface area (Å²) in [5.41, 5.74) is 6.95. The molecule has 0 amide bonds. The number of hydrogen-bond donors (Lipinski definition) is 1. The summed E-state index contributed by atoms with van der Waals surface area (Å²) < 4.78 is 18.9. The fourth-order valence-corrected chi connectivity index (χ4v) is 1.80. The SMILES string of the molecule is Cc1cc(Oc2ccc([N+](=O)[O-])c(F)c2)ccc1CN. The molecule has 6 heteroatoms. The van der Waals surface area contributed by atoms with Crippen molar-refractivity contribution in [1.29, 1.82) is 0 Å². The highest BCUT2D eigenvalue weighted by Crippen LogP contribution is 2.27. The minimum Gasteiger partial charge on any atom is -0.457 e. The van der Waals surface area contributed by atoms with Gasteiger partial charge >= 0.3 is 5.69 Å². The minimum absolute atomic E-state index is 0.202. The number of ether oxygens (including phenoxy) is 1. The van der Waals surface area contributed by atoms with E-state index in [1.54, 1.807) is 12.1 Å². The van der Waals surface area contributed by atoms with Gasteiger partial charge in [-0.2, -0.15) is 4.39 Å². The minimum atomic E-state index is -0.928. The van der Waals surface area contributed by atoms with E-state index in [1.807, 2.05) is 13.0 Å². The van der Waals surface area contributed by atoms with Gasteiger partial charge in [0.15, 0.2) is 0 Å². The van der Waals surface area contributed by atoms with Crippen LogP contribution in [0, 0.1) is 22.9 Å². The van der Waals surface area contributed by atoms with Crippen molar-refractivity contribution >= 4 is 5.69 Å². The fraction of sp³-hybridized carbons (Fsp3) is 0.143. The second-order valence-corrected chi connectivity index (χ2v) is 4.26. The van der Waals surface area contributed by atoms with Crippen molar-refractivity contribution in [2.45, 2.75) is 13.5 Å². The molecule has 0 saturated carbocycles. The molecule has 104 valence electrons. The third-order valence-corrected chi connectivity index (χ3v) is 2.89. The molecule has 0 bridgehead atoms. The van der Waals surface area contributed by atoms with Crippen molar-refractivity contribution in [2.24, 2.45) is 5.73 Å². The lowest BCUT2D eigenvalue weighted by atomic mass is 10.1. The third-order valence-electron chi connectivity index (χ3n) is 2.89. The average Bonchev–Trinajstić information content (AvgIpc) is 2.38. The van der Waals surface area contributed by atoms with Gasteiger partial charge in [-0.25, -0.2) is 0 Å². The third kappa shape index (κ3) is 2.92. The lowest BCUT2D eigenvalue weighted by Gasteiger charge is -2.09. The van der Waals surface area contributed by atoms with Gasteiger partial charge in [0.1, 0.15) is 11.5 Å². The van der Waals surface area contributed by atoms with Crippen LogP contribution < -0.4 is 10.5 Å². The number of nitro groups is 1. The molecule has 5 nitrogen and oxygen atoms in total. The maximum absolute atomic E-state index is 13.5. The normalized spacial score (nSPS) is 10.3. The summed E-state index contributed by atoms with van der Waals surface area (Å²) in [4.78, 5) is 9.74. The Bertz CT molecular complexity index is 659. The lowest BCUT2D eigenvalue weighted by Crippen LogP contribution is -1.99. The molecule has 0 spiro atoms. The molecule has 0 atom stereocenters. The number of nitrogens with two attached hydrogens (primary N) is 1. The molecule has 0 fully saturated rings. The van der Waals surface area contributed by atoms with E-state index in [4.69, 9.17) is 10.5 Å². The Morgan fingerprint density at radius 1 is 1.25 bits per heavy atom. The molecule has 0 aliphatic rings. The van der Waals surface area contributed by atoms with Crippen LogP contribution in [-0.2, 0) is 6.54 Å². The van der Waals surface area contributed by atoms with Crippen LogP contribution in [0.15, 0.2) is 36.4 Å². The molecule has 2 aromatic carbocycles. The molecule has 0 saturated heterocycles. The number of nitro benzene ring substituents is 1. The molecule has 0 heterocycles. The predicted octanol–water partition coefficient (Wildman–Crippen LogP) is 3.29. The van der Waals surface area contributed by atoms with Gasteiger partial charge in [0, 0.05) is 18.7 Å². The van der Waals surface area contributed by atoms with E-state index >= 15 is 0 Å². The first-order valence-corrected chi connectivity index (χ1v) is 5.92. The maximum Gasteiger partial charge on any atom is 0.305 e. The zero-order valence-corrected chi connectivity index (χ0v) is 10.8. The molecule has 0 aliphatic heterocycles. The van der Waals surface area contributed by atoms with Crippen molar-refractivity contribution in [3.63, 3.8) is 0 Å². The van der Waals surface area contributed by atoms with Crippen molar-refractivity contribution in [3.05, 3.63) is 63.5 Å². The number of nitrogens with zero attached hydrogens (tertiary/aromatic N) is 1. The zero-order chi connectivity index (χ0) is 14.7. The van der Waals surface area contributed by atoms with Crippen LogP contribution in [0.4, 0.5) is 10.1 Å². The smallest absolute Gasteiger partial charge is 0.305 e. The van der Waals surface area contributed by atoms with E-state index in [1.165, 1.54) is 6.07 Å². The summed E-state index contributed by atoms with van der Waals surface area (Å²) in [5.74, 6) is -0.205. The highest BCUT2D eigenvalue weighted by Gasteiger charge is 2.14. The van der Waals surface area contributed by atoms with Crippen LogP contribution in [0.1, 0.15) is 11.1 Å². The van der Waals surface area contributed by atoms with Gasteiger partial charge in [-0.05, 0) is 36.2 Å². The summed E-state index contributed by atoms with van der Waals surface area (Å²) in [7, 11) is 0. The van der Waals surface area contributed by atoms with Gasteiger partial charge in [0.05, 0.1) is 4.92 Å². The molecule has 0 radical (unpaired) electrons. The second-order valence-electron chi connectivity index (χ2n) is 4.26. The average molecular weight is 276 g/mol. The Balaban J connectivity index is 2.24. The predicted molar refractivity (Wildman–Crippen MR) is 72.2 cm³/mol. The van der Waals surface area contributed by atoms with Gasteiger partial charge in [-0.3, -0.25) is 10.1 Å². The largest absolute Gasteiger partial charge is 0.457 e. The summed E-state index contributed by atoms with van der Waals surface area (Å²) in [6.07, 6.45) is 0. The Labute approximate surface area is 114 Å². The van der Waals surface area contributed by atoms with Gasteiger partial charge in [-0.1, -0.05) is 6.07 Å². The standard InChI is InChI=1S/C14H13FN2O3/c1-9-6-11(3-2-10(9)8-16)20-12-4-5-14(17(18)19)13(15)7-12/h2-7H,8,16H2,1H3. The molecule has 2 aromatic rings. The Morgan fingerprint density at radius 2 is 1.90 bits per heavy atom. The first-order valence-electron chi connectivity index (χ1n) is 5.92. The second kappa shape index (κ2) is 5.66. The number of halogens is 1. The number of hydrogen-bond acceptors (Lipinski definition) is 4. The molecule has 2 rings (SSSR count). The van der Waals surface area contributed by atoms with Crippen molar-refractivity contribution < 1.29 is 14.1 Å². The van der Waals surface area contributed by atoms with Gasteiger partial charge < -0.3 is 10.5 Å². The molecule has 20 heavy (non-hydrogen) atoms. The summed E-state index contributed by atoms with van der Waals surface area (Å²) in [5, 5.41) is 10.5. The van der Waals surface area contributed by atoms with Crippen LogP contribution >= 0.6 is 0 Å². The van der Waals surface area contributed by atoms with Crippen LogP contribution in [0.25, 0.3) is 0 Å². The maximum atomic E-state index is 13.5. The van der Waals surface area contributed by atoms with Crippen LogP contribution in [0.3, 0.4) is 0 Å². The fourth-order valence-electron chi connectivity index (χ4n) is 1.80. The highest BCUT2D eigenvalue weighted by atomic mass is 19.1. The number of benzene rings is 2. The van der Waals surface area contributed by atoms with Crippen molar-refractivity contribution in [1.82, 2.24) is 0 Å². The van der Waals surface area contributed by atoms with Gasteiger partial charge in [0.25, 0.3) is 0 Å². The Morgan fingerprint density at radius 3 is 2.45 bits per heavy atom. The lowest BCUT2D eigenvalue weighted by molar-refractivity contribution is -0.387. The molecule has 0 aliphatic carbocycles. The molecular formula is C14H13FN2O3. The summed E-state index contributed by atoms with van der Waals surface area (Å²) in [6, 6.07) is 8.74. The first kappa shape index (κ1) is 14.0. The van der Waals surface area contributed by atoms with E-state index in [0.29, 0.717) is 12.3 Å². The summed E-state index contributed by atoms with van der Waals surface area (Å²) in [6.45, 7) is 2.32. The summed E-state index contributed by atoms with van der Waals surface area (Å²) >= 11 is 0. The van der Waals surface area contributed by atoms with E-state index in [9.17, 15) is 14.5 Å². The Hall–Kier alpha value is -2.47. The number of rotatable bonds is 4. The van der Waals surface area contributed by atoms with Crippen molar-refractivity contribution in [2.75, 3.05) is 0 Å². The van der Waals surface area contributed by atoms with E-state index in [2.05, 4.69) is 0 Å². The van der Waals surface area contributed by atoms with Crippen molar-refractivity contribution in [3.8, 4) is 11.5 Å².